The first-order valence-electron chi connectivity index (χ1n) is 9.88. The Balaban J connectivity index is 1.88. The minimum atomic E-state index is -0.0541. The van der Waals surface area contributed by atoms with E-state index in [0.717, 1.165) is 44.5 Å². The summed E-state index contributed by atoms with van der Waals surface area (Å²) >= 11 is 5.55. The molecule has 1 aliphatic heterocycles. The van der Waals surface area contributed by atoms with Gasteiger partial charge in [-0.3, -0.25) is 9.69 Å². The minimum Gasteiger partial charge on any atom is -0.507 e. The van der Waals surface area contributed by atoms with Crippen molar-refractivity contribution in [1.29, 1.82) is 0 Å². The van der Waals surface area contributed by atoms with Crippen LogP contribution in [-0.4, -0.2) is 52.1 Å². The molecule has 1 aromatic rings. The molecule has 2 fully saturated rings. The zero-order chi connectivity index (χ0) is 19.6. The first-order valence-corrected chi connectivity index (χ1v) is 10.3. The van der Waals surface area contributed by atoms with E-state index in [1.807, 2.05) is 19.2 Å². The summed E-state index contributed by atoms with van der Waals surface area (Å²) in [6.45, 7) is 5.93. The zero-order valence-electron chi connectivity index (χ0n) is 16.4. The Morgan fingerprint density at radius 2 is 1.89 bits per heavy atom. The molecule has 0 radical (unpaired) electrons. The number of carbonyl (C=O) groups is 1. The van der Waals surface area contributed by atoms with Gasteiger partial charge >= 0.3 is 0 Å². The van der Waals surface area contributed by atoms with Crippen molar-refractivity contribution in [2.75, 3.05) is 25.0 Å². The number of hydrogen-bond acceptors (Lipinski definition) is 4. The number of phenolic OH excluding ortho intramolecular Hbond substituents is 1. The molecule has 0 spiro atoms. The second-order valence-electron chi connectivity index (χ2n) is 7.25. The van der Waals surface area contributed by atoms with Crippen LogP contribution in [-0.2, 0) is 4.79 Å². The fraction of sp³-hybridized carbons (Fsp3) is 0.524. The molecule has 1 aromatic carbocycles. The van der Waals surface area contributed by atoms with Gasteiger partial charge in [0, 0.05) is 43.5 Å². The Hall–Kier alpha value is -2.08. The summed E-state index contributed by atoms with van der Waals surface area (Å²) in [7, 11) is 1.83. The lowest BCUT2D eigenvalue weighted by atomic mass is 9.94. The van der Waals surface area contributed by atoms with E-state index < -0.39 is 0 Å². The Bertz CT molecular complexity index is 752. The monoisotopic (exact) mass is 387 g/mol. The van der Waals surface area contributed by atoms with Crippen LogP contribution in [0, 0.1) is 0 Å². The number of nitrogens with zero attached hydrogens (tertiary/aromatic N) is 3. The average Bonchev–Trinajstić information content (AvgIpc) is 2.88. The first-order chi connectivity index (χ1) is 13.0. The van der Waals surface area contributed by atoms with E-state index in [1.54, 1.807) is 21.9 Å². The van der Waals surface area contributed by atoms with Crippen molar-refractivity contribution in [3.63, 3.8) is 0 Å². The van der Waals surface area contributed by atoms with Crippen LogP contribution in [0.3, 0.4) is 0 Å². The summed E-state index contributed by atoms with van der Waals surface area (Å²) < 4.78 is 0. The highest BCUT2D eigenvalue weighted by Crippen LogP contribution is 2.32. The van der Waals surface area contributed by atoms with Crippen LogP contribution in [0.5, 0.6) is 5.75 Å². The number of likely N-dealkylation sites (N-methyl/N-ethyl adjacent to an activating group) is 1. The van der Waals surface area contributed by atoms with Crippen LogP contribution in [0.4, 0.5) is 5.69 Å². The molecular weight excluding hydrogens is 358 g/mol. The van der Waals surface area contributed by atoms with Crippen LogP contribution in [0.15, 0.2) is 23.9 Å². The molecule has 1 aliphatic carbocycles. The van der Waals surface area contributed by atoms with Gasteiger partial charge in [-0.25, -0.2) is 0 Å². The molecule has 1 amide bonds. The molecular formula is C21H29N3O2S. The third-order valence-electron chi connectivity index (χ3n) is 5.67. The third kappa shape index (κ3) is 3.81. The Kier molecular flexibility index (Phi) is 6.05. The Morgan fingerprint density at radius 3 is 2.48 bits per heavy atom. The van der Waals surface area contributed by atoms with E-state index in [1.165, 1.54) is 6.42 Å². The molecule has 1 N–H and O–H groups in total. The van der Waals surface area contributed by atoms with E-state index in [2.05, 4.69) is 18.7 Å². The Labute approximate surface area is 167 Å². The van der Waals surface area contributed by atoms with Crippen LogP contribution in [0.1, 0.15) is 51.5 Å². The van der Waals surface area contributed by atoms with E-state index in [0.29, 0.717) is 16.4 Å². The van der Waals surface area contributed by atoms with Gasteiger partial charge in [-0.05, 0) is 57.1 Å². The molecule has 1 saturated heterocycles. The van der Waals surface area contributed by atoms with Crippen LogP contribution >= 0.6 is 12.2 Å². The van der Waals surface area contributed by atoms with Gasteiger partial charge < -0.3 is 14.9 Å². The van der Waals surface area contributed by atoms with Crippen molar-refractivity contribution in [2.45, 2.75) is 52.0 Å². The maximum absolute atomic E-state index is 13.0. The highest BCUT2D eigenvalue weighted by atomic mass is 32.1. The number of amides is 1. The van der Waals surface area contributed by atoms with E-state index in [-0.39, 0.29) is 17.7 Å². The van der Waals surface area contributed by atoms with E-state index in [4.69, 9.17) is 12.2 Å². The Morgan fingerprint density at radius 1 is 1.22 bits per heavy atom. The normalized spacial score (nSPS) is 20.0. The van der Waals surface area contributed by atoms with Gasteiger partial charge in [0.15, 0.2) is 5.11 Å². The number of rotatable bonds is 5. The second-order valence-corrected chi connectivity index (χ2v) is 7.62. The maximum atomic E-state index is 13.0. The van der Waals surface area contributed by atoms with Crippen molar-refractivity contribution in [3.05, 3.63) is 29.5 Å². The number of anilines is 1. The lowest BCUT2D eigenvalue weighted by Crippen LogP contribution is -2.41. The van der Waals surface area contributed by atoms with Crippen molar-refractivity contribution in [2.24, 2.45) is 0 Å². The fourth-order valence-corrected chi connectivity index (χ4v) is 4.36. The summed E-state index contributed by atoms with van der Waals surface area (Å²) in [4.78, 5) is 18.8. The van der Waals surface area contributed by atoms with Gasteiger partial charge in [0.1, 0.15) is 11.4 Å². The molecule has 2 aliphatic rings. The van der Waals surface area contributed by atoms with E-state index in [9.17, 15) is 9.90 Å². The molecule has 6 heteroatoms. The topological polar surface area (TPSA) is 47.0 Å². The molecule has 1 saturated carbocycles. The van der Waals surface area contributed by atoms with Gasteiger partial charge in [-0.1, -0.05) is 19.3 Å². The largest absolute Gasteiger partial charge is 0.507 e. The molecule has 0 unspecified atom stereocenters. The van der Waals surface area contributed by atoms with Crippen molar-refractivity contribution in [1.82, 2.24) is 9.80 Å². The van der Waals surface area contributed by atoms with Crippen molar-refractivity contribution in [3.8, 4) is 5.75 Å². The number of hydrogen-bond donors (Lipinski definition) is 1. The smallest absolute Gasteiger partial charge is 0.277 e. The molecule has 27 heavy (non-hydrogen) atoms. The number of thiocarbonyl (C=S) groups is 1. The SMILES string of the molecule is CCN(CC)c1ccc(/C=C2\C(=O)N(C3CCCCC3)C(=S)N2C)c(O)c1. The average molecular weight is 388 g/mol. The molecule has 0 bridgehead atoms. The summed E-state index contributed by atoms with van der Waals surface area (Å²) in [5, 5.41) is 11.1. The predicted octanol–water partition coefficient (Wildman–Crippen LogP) is 3.97. The number of benzene rings is 1. The van der Waals surface area contributed by atoms with Crippen LogP contribution in [0.2, 0.25) is 0 Å². The molecule has 5 nitrogen and oxygen atoms in total. The third-order valence-corrected chi connectivity index (χ3v) is 6.14. The first kappa shape index (κ1) is 19.7. The summed E-state index contributed by atoms with van der Waals surface area (Å²) in [6.07, 6.45) is 7.30. The maximum Gasteiger partial charge on any atom is 0.277 e. The van der Waals surface area contributed by atoms with Gasteiger partial charge in [-0.2, -0.15) is 0 Å². The number of phenols is 1. The standard InChI is InChI=1S/C21H29N3O2S/c1-4-23(5-2)17-12-11-15(19(25)14-17)13-18-20(26)24(21(27)22(18)3)16-9-7-6-8-10-16/h11-14,16,25H,4-10H2,1-3H3/b18-13+. The number of aromatic hydroxyl groups is 1. The van der Waals surface area contributed by atoms with Crippen molar-refractivity contribution < 1.29 is 9.90 Å². The summed E-state index contributed by atoms with van der Waals surface area (Å²) in [5.74, 6) is 0.122. The van der Waals surface area contributed by atoms with Crippen molar-refractivity contribution >= 4 is 35.0 Å². The molecule has 0 atom stereocenters. The minimum absolute atomic E-state index is 0.0541. The predicted molar refractivity (Wildman–Crippen MR) is 114 cm³/mol. The highest BCUT2D eigenvalue weighted by Gasteiger charge is 2.40. The molecule has 1 heterocycles. The molecule has 3 rings (SSSR count). The lowest BCUT2D eigenvalue weighted by Gasteiger charge is -2.30. The van der Waals surface area contributed by atoms with Gasteiger partial charge in [-0.15, -0.1) is 0 Å². The quantitative estimate of drug-likeness (QED) is 0.612. The number of carbonyl (C=O) groups excluding carboxylic acids is 1. The van der Waals surface area contributed by atoms with E-state index >= 15 is 0 Å². The van der Waals surface area contributed by atoms with Gasteiger partial charge in [0.2, 0.25) is 0 Å². The van der Waals surface area contributed by atoms with Crippen LogP contribution < -0.4 is 4.90 Å². The highest BCUT2D eigenvalue weighted by molar-refractivity contribution is 7.80. The van der Waals surface area contributed by atoms with Gasteiger partial charge in [0.25, 0.3) is 5.91 Å². The fourth-order valence-electron chi connectivity index (χ4n) is 4.03. The van der Waals surface area contributed by atoms with Crippen LogP contribution in [0.25, 0.3) is 6.08 Å². The summed E-state index contributed by atoms with van der Waals surface area (Å²) in [6, 6.07) is 5.81. The lowest BCUT2D eigenvalue weighted by molar-refractivity contribution is -0.124. The molecule has 0 aromatic heterocycles. The summed E-state index contributed by atoms with van der Waals surface area (Å²) in [5.41, 5.74) is 2.14. The van der Waals surface area contributed by atoms with Gasteiger partial charge in [0.05, 0.1) is 0 Å². The zero-order valence-corrected chi connectivity index (χ0v) is 17.3. The second kappa shape index (κ2) is 8.30. The molecule has 146 valence electrons.